The summed E-state index contributed by atoms with van der Waals surface area (Å²) < 4.78 is 0. The van der Waals surface area contributed by atoms with E-state index in [1.54, 1.807) is 6.55 Å². The summed E-state index contributed by atoms with van der Waals surface area (Å²) in [5.74, 6) is 0. The molecule has 0 fully saturated rings. The van der Waals surface area contributed by atoms with Gasteiger partial charge in [0.1, 0.15) is 0 Å². The Balaban J connectivity index is 4.86. The Labute approximate surface area is 144 Å². The van der Waals surface area contributed by atoms with Crippen LogP contribution in [0.5, 0.6) is 0 Å². The van der Waals surface area contributed by atoms with Crippen molar-refractivity contribution in [3.8, 4) is 0 Å². The molecule has 0 spiro atoms. The Morgan fingerprint density at radius 2 is 1.29 bits per heavy atom. The first-order valence-electron chi connectivity index (χ1n) is 4.58. The number of hydrogen-bond acceptors (Lipinski definition) is 0. The van der Waals surface area contributed by atoms with Gasteiger partial charge in [-0.3, -0.25) is 0 Å². The molecule has 0 aromatic carbocycles. The minimum absolute atomic E-state index is 0.348. The van der Waals surface area contributed by atoms with Gasteiger partial charge in [0.05, 0.1) is 0 Å². The normalized spacial score (nSPS) is 16.4. The van der Waals surface area contributed by atoms with Crippen molar-refractivity contribution < 1.29 is 0 Å². The predicted octanol–water partition coefficient (Wildman–Crippen LogP) is 6.42. The lowest BCUT2D eigenvalue weighted by atomic mass is 10.9. The van der Waals surface area contributed by atoms with Crippen molar-refractivity contribution >= 4 is 116 Å². The Kier molecular flexibility index (Phi) is 8.85. The van der Waals surface area contributed by atoms with Gasteiger partial charge in [0.25, 0.3) is 20.8 Å². The maximum atomic E-state index is 6.42. The quantitative estimate of drug-likeness (QED) is 0.313. The van der Waals surface area contributed by atoms with Crippen molar-refractivity contribution in [3.05, 3.63) is 0 Å². The molecule has 0 amide bonds. The topological polar surface area (TPSA) is 0 Å². The van der Waals surface area contributed by atoms with Crippen LogP contribution in [0.3, 0.4) is 0 Å². The van der Waals surface area contributed by atoms with E-state index < -0.39 is 27.5 Å². The van der Waals surface area contributed by atoms with Crippen LogP contribution in [-0.4, -0.2) is 27.5 Å². The highest BCUT2D eigenvalue weighted by Crippen LogP contribution is 2.48. The van der Waals surface area contributed by atoms with Gasteiger partial charge < -0.3 is 0 Å². The second kappa shape index (κ2) is 7.45. The van der Waals surface area contributed by atoms with Gasteiger partial charge in [0, 0.05) is 4.79 Å². The van der Waals surface area contributed by atoms with E-state index in [0.717, 1.165) is 0 Å². The van der Waals surface area contributed by atoms with Crippen LogP contribution in [0.15, 0.2) is 0 Å². The highest BCUT2D eigenvalue weighted by molar-refractivity contribution is 7.64. The molecule has 0 aliphatic heterocycles. The lowest BCUT2D eigenvalue weighted by Crippen LogP contribution is -2.46. The SMILES string of the molecule is C[Si](Cl)(Cl)CC[Si](Cl)(Cl)C([Si](Cl)Cl)[Si](C)(Cl)Cl. The van der Waals surface area contributed by atoms with Gasteiger partial charge >= 0.3 is 0 Å². The molecule has 12 heteroatoms. The molecule has 0 aromatic heterocycles. The molecule has 0 aliphatic carbocycles. The highest BCUT2D eigenvalue weighted by Gasteiger charge is 2.54. The molecule has 0 bridgehead atoms. The molecule has 103 valence electrons. The first-order chi connectivity index (χ1) is 7.27. The fourth-order valence-electron chi connectivity index (χ4n) is 1.25. The van der Waals surface area contributed by atoms with Gasteiger partial charge in [-0.25, -0.2) is 0 Å². The fraction of sp³-hybridized carbons (Fsp3) is 1.00. The number of halogens is 8. The first kappa shape index (κ1) is 20.2. The van der Waals surface area contributed by atoms with Gasteiger partial charge in [-0.15, -0.1) is 88.6 Å². The van der Waals surface area contributed by atoms with Gasteiger partial charge in [-0.05, 0) is 25.2 Å². The van der Waals surface area contributed by atoms with Crippen LogP contribution in [0.2, 0.25) is 30.0 Å². The molecule has 0 heterocycles. The van der Waals surface area contributed by atoms with Gasteiger partial charge in [-0.2, -0.15) is 0 Å². The van der Waals surface area contributed by atoms with E-state index in [0.29, 0.717) is 12.1 Å². The second-order valence-electron chi connectivity index (χ2n) is 4.01. The third-order valence-electron chi connectivity index (χ3n) is 2.04. The van der Waals surface area contributed by atoms with Crippen LogP contribution < -0.4 is 0 Å². The fourth-order valence-corrected chi connectivity index (χ4v) is 39.2. The molecule has 1 unspecified atom stereocenters. The van der Waals surface area contributed by atoms with Crippen molar-refractivity contribution in [1.29, 1.82) is 0 Å². The summed E-state index contributed by atoms with van der Waals surface area (Å²) in [6.07, 6.45) is 0. The average Bonchev–Trinajstić information content (AvgIpc) is 1.94. The molecule has 1 atom stereocenters. The van der Waals surface area contributed by atoms with Gasteiger partial charge in [-0.1, -0.05) is 0 Å². The molecule has 0 nitrogen and oxygen atoms in total. The lowest BCUT2D eigenvalue weighted by Gasteiger charge is -2.33. The Morgan fingerprint density at radius 3 is 1.53 bits per heavy atom. The molecule has 0 saturated heterocycles. The summed E-state index contributed by atoms with van der Waals surface area (Å²) in [7, 11) is -1.78. The summed E-state index contributed by atoms with van der Waals surface area (Å²) >= 11 is 49.3. The zero-order chi connectivity index (χ0) is 14.1. The van der Waals surface area contributed by atoms with E-state index in [-0.39, 0.29) is 4.79 Å². The summed E-state index contributed by atoms with van der Waals surface area (Å²) in [5.41, 5.74) is 0. The van der Waals surface area contributed by atoms with Crippen molar-refractivity contribution in [1.82, 2.24) is 0 Å². The molecule has 0 rings (SSSR count). The first-order valence-corrected chi connectivity index (χ1v) is 21.8. The number of hydrogen-bond donors (Lipinski definition) is 0. The summed E-state index contributed by atoms with van der Waals surface area (Å²) in [6, 6.07) is 1.11. The molecule has 1 radical (unpaired) electrons. The zero-order valence-corrected chi connectivity index (χ0v) is 19.1. The van der Waals surface area contributed by atoms with E-state index in [2.05, 4.69) is 0 Å². The van der Waals surface area contributed by atoms with Crippen LogP contribution in [0.1, 0.15) is 0 Å². The molecule has 0 N–H and O–H groups in total. The zero-order valence-electron chi connectivity index (χ0n) is 9.02. The van der Waals surface area contributed by atoms with Gasteiger partial charge in [0.15, 0.2) is 0 Å². The molecule has 0 aromatic rings. The highest BCUT2D eigenvalue weighted by atomic mass is 35.7. The molecular weight excluding hydrogens is 456 g/mol. The van der Waals surface area contributed by atoms with E-state index in [1.807, 2.05) is 6.55 Å². The third-order valence-corrected chi connectivity index (χ3v) is 27.8. The number of rotatable bonds is 6. The van der Waals surface area contributed by atoms with Crippen LogP contribution in [0.4, 0.5) is 0 Å². The monoisotopic (exact) mass is 463 g/mol. The van der Waals surface area contributed by atoms with E-state index in [9.17, 15) is 0 Å². The molecule has 17 heavy (non-hydrogen) atoms. The molecule has 0 saturated carbocycles. The minimum Gasteiger partial charge on any atom is -0.147 e. The smallest absolute Gasteiger partial charge is 0.147 e. The van der Waals surface area contributed by atoms with Crippen LogP contribution in [0.25, 0.3) is 0 Å². The molecular formula is C5H11Cl8Si4. The largest absolute Gasteiger partial charge is 0.276 e. The van der Waals surface area contributed by atoms with Crippen molar-refractivity contribution in [2.75, 3.05) is 0 Å². The van der Waals surface area contributed by atoms with E-state index in [4.69, 9.17) is 88.6 Å². The maximum absolute atomic E-state index is 6.42. The Morgan fingerprint density at radius 1 is 0.882 bits per heavy atom. The Hall–Kier alpha value is 3.19. The van der Waals surface area contributed by atoms with Crippen molar-refractivity contribution in [3.63, 3.8) is 0 Å². The molecule has 0 aliphatic rings. The van der Waals surface area contributed by atoms with E-state index in [1.165, 1.54) is 0 Å². The summed E-state index contributed by atoms with van der Waals surface area (Å²) in [5, 5.41) is 0. The van der Waals surface area contributed by atoms with E-state index >= 15 is 0 Å². The minimum atomic E-state index is -2.75. The predicted molar refractivity (Wildman–Crippen MR) is 94.9 cm³/mol. The Bertz CT molecular complexity index is 245. The standard InChI is InChI=1S/C5H11Cl8Si4/c1-15(8,9)3-4-17(12,13)5(14(6)7)16(2,10)11/h5H,3-4H2,1-2H3. The third kappa shape index (κ3) is 8.27. The maximum Gasteiger partial charge on any atom is 0.276 e. The van der Waals surface area contributed by atoms with Crippen LogP contribution in [0, 0.1) is 0 Å². The second-order valence-corrected chi connectivity index (χ2v) is 33.2. The lowest BCUT2D eigenvalue weighted by molar-refractivity contribution is 1.35. The van der Waals surface area contributed by atoms with Crippen molar-refractivity contribution in [2.45, 2.75) is 30.0 Å². The van der Waals surface area contributed by atoms with Gasteiger partial charge in [0.2, 0.25) is 6.69 Å². The summed E-state index contributed by atoms with van der Waals surface area (Å²) in [6.45, 7) is -4.07. The van der Waals surface area contributed by atoms with Crippen LogP contribution >= 0.6 is 88.6 Å². The average molecular weight is 467 g/mol. The van der Waals surface area contributed by atoms with Crippen molar-refractivity contribution in [2.24, 2.45) is 0 Å². The summed E-state index contributed by atoms with van der Waals surface area (Å²) in [4.78, 5) is -0.348. The van der Waals surface area contributed by atoms with Crippen LogP contribution in [-0.2, 0) is 0 Å².